The fourth-order valence-corrected chi connectivity index (χ4v) is 3.09. The van der Waals surface area contributed by atoms with E-state index in [9.17, 15) is 26.7 Å². The first-order chi connectivity index (χ1) is 16.8. The molecule has 4 N–H and O–H groups in total. The van der Waals surface area contributed by atoms with Crippen LogP contribution in [0.15, 0.2) is 53.0 Å². The normalized spacial score (nSPS) is 10.9. The van der Waals surface area contributed by atoms with E-state index in [1.54, 1.807) is 18.3 Å². The Morgan fingerprint density at radius 2 is 1.83 bits per heavy atom. The Morgan fingerprint density at radius 3 is 2.31 bits per heavy atom. The zero-order valence-corrected chi connectivity index (χ0v) is 19.4. The average Bonchev–Trinajstić information content (AvgIpc) is 3.17. The highest BCUT2D eigenvalue weighted by Gasteiger charge is 2.38. The number of carboxylic acids is 1. The first-order valence-corrected chi connectivity index (χ1v) is 10.2. The number of aliphatic carboxylic acids is 1. The highest BCUT2D eigenvalue weighted by atomic mass is 19.4. The van der Waals surface area contributed by atoms with Crippen LogP contribution in [0, 0.1) is 6.92 Å². The number of carbonyl (C=O) groups is 1. The molecule has 0 aliphatic carbocycles. The van der Waals surface area contributed by atoms with Crippen LogP contribution in [0.1, 0.15) is 11.4 Å². The van der Waals surface area contributed by atoms with Crippen molar-refractivity contribution >= 4 is 11.8 Å². The van der Waals surface area contributed by atoms with Crippen LogP contribution in [-0.2, 0) is 11.2 Å². The molecule has 0 saturated carbocycles. The molecule has 0 aliphatic rings. The minimum atomic E-state index is -5.08. The Kier molecular flexibility index (Phi) is 9.06. The van der Waals surface area contributed by atoms with E-state index in [2.05, 4.69) is 15.2 Å². The quantitative estimate of drug-likeness (QED) is 0.431. The second-order valence-corrected chi connectivity index (χ2v) is 7.58. The largest absolute Gasteiger partial charge is 0.490 e. The lowest BCUT2D eigenvalue weighted by Crippen LogP contribution is -2.21. The van der Waals surface area contributed by atoms with E-state index in [-0.39, 0.29) is 24.4 Å². The van der Waals surface area contributed by atoms with Gasteiger partial charge in [-0.15, -0.1) is 0 Å². The van der Waals surface area contributed by atoms with Crippen molar-refractivity contribution < 1.29 is 31.9 Å². The Hall–Kier alpha value is -4.07. The SMILES string of the molecule is Cc1c(-c2ccc(N(C)C)nc2)cccc1-n1c(CC(CN)=C(F)F)n[nH]c1=O.O=C(O)C(F)(F)F. The van der Waals surface area contributed by atoms with Gasteiger partial charge in [-0.1, -0.05) is 12.1 Å². The lowest BCUT2D eigenvalue weighted by atomic mass is 10.00. The van der Waals surface area contributed by atoms with Crippen molar-refractivity contribution in [2.75, 3.05) is 25.5 Å². The standard InChI is InChI=1S/C20H22F2N6O.C2HF3O2/c1-12-15(13-7-8-17(24-11-13)27(2)3)5-4-6-16(12)28-18(25-26-20(28)29)9-14(10-23)19(21)22;3-2(4,5)1(6)7/h4-8,11H,9-10,23H2,1-3H3,(H,26,29);(H,6,7). The van der Waals surface area contributed by atoms with Gasteiger partial charge in [0.25, 0.3) is 6.08 Å². The average molecular weight is 514 g/mol. The van der Waals surface area contributed by atoms with E-state index in [4.69, 9.17) is 15.6 Å². The first kappa shape index (κ1) is 28.2. The Morgan fingerprint density at radius 1 is 1.19 bits per heavy atom. The van der Waals surface area contributed by atoms with Crippen molar-refractivity contribution in [2.45, 2.75) is 19.5 Å². The number of aromatic nitrogens is 4. The number of nitrogens with zero attached hydrogens (tertiary/aromatic N) is 4. The van der Waals surface area contributed by atoms with Crippen molar-refractivity contribution in [2.24, 2.45) is 5.73 Å². The van der Waals surface area contributed by atoms with Gasteiger partial charge < -0.3 is 15.7 Å². The number of H-pyrrole nitrogens is 1. The van der Waals surface area contributed by atoms with Crippen molar-refractivity contribution in [3.8, 4) is 16.8 Å². The van der Waals surface area contributed by atoms with Gasteiger partial charge in [-0.05, 0) is 36.2 Å². The number of anilines is 1. The third-order valence-electron chi connectivity index (χ3n) is 4.93. The molecule has 0 unspecified atom stereocenters. The zero-order valence-electron chi connectivity index (χ0n) is 19.4. The molecule has 0 aliphatic heterocycles. The first-order valence-electron chi connectivity index (χ1n) is 10.2. The monoisotopic (exact) mass is 514 g/mol. The predicted octanol–water partition coefficient (Wildman–Crippen LogP) is 3.28. The van der Waals surface area contributed by atoms with Crippen LogP contribution in [0.3, 0.4) is 0 Å². The molecule has 36 heavy (non-hydrogen) atoms. The minimum absolute atomic E-state index is 0.171. The number of carboxylic acid groups (broad SMARTS) is 1. The summed E-state index contributed by atoms with van der Waals surface area (Å²) in [5.74, 6) is -1.76. The molecule has 3 aromatic rings. The van der Waals surface area contributed by atoms with Gasteiger partial charge in [0.05, 0.1) is 5.69 Å². The molecule has 14 heteroatoms. The molecule has 0 saturated heterocycles. The number of nitrogens with one attached hydrogen (secondary N) is 1. The van der Waals surface area contributed by atoms with Crippen molar-refractivity contribution in [3.05, 3.63) is 70.1 Å². The number of benzene rings is 1. The van der Waals surface area contributed by atoms with Crippen LogP contribution < -0.4 is 16.3 Å². The van der Waals surface area contributed by atoms with E-state index < -0.39 is 23.9 Å². The van der Waals surface area contributed by atoms with Gasteiger partial charge in [0.1, 0.15) is 11.6 Å². The molecular weight excluding hydrogens is 491 g/mol. The Labute approximate surface area is 201 Å². The van der Waals surface area contributed by atoms with Gasteiger partial charge in [-0.25, -0.2) is 24.2 Å². The molecule has 0 fully saturated rings. The van der Waals surface area contributed by atoms with Crippen molar-refractivity contribution in [1.82, 2.24) is 19.7 Å². The summed E-state index contributed by atoms with van der Waals surface area (Å²) in [6.45, 7) is 1.55. The number of nitrogens with two attached hydrogens (primary N) is 1. The third-order valence-corrected chi connectivity index (χ3v) is 4.93. The number of pyridine rings is 1. The molecule has 0 radical (unpaired) electrons. The summed E-state index contributed by atoms with van der Waals surface area (Å²) >= 11 is 0. The Balaban J connectivity index is 0.000000572. The fraction of sp³-hybridized carbons (Fsp3) is 0.273. The van der Waals surface area contributed by atoms with Crippen LogP contribution in [0.4, 0.5) is 27.8 Å². The summed E-state index contributed by atoms with van der Waals surface area (Å²) in [6, 6.07) is 9.32. The third kappa shape index (κ3) is 6.75. The van der Waals surface area contributed by atoms with Crippen LogP contribution in [0.5, 0.6) is 0 Å². The molecule has 1 aromatic carbocycles. The van der Waals surface area contributed by atoms with Crippen molar-refractivity contribution in [3.63, 3.8) is 0 Å². The number of hydrogen-bond donors (Lipinski definition) is 3. The van der Waals surface area contributed by atoms with Crippen LogP contribution in [0.2, 0.25) is 0 Å². The molecule has 0 spiro atoms. The van der Waals surface area contributed by atoms with Crippen molar-refractivity contribution in [1.29, 1.82) is 0 Å². The second-order valence-electron chi connectivity index (χ2n) is 7.58. The molecule has 0 atom stereocenters. The maximum absolute atomic E-state index is 13.0. The zero-order chi connectivity index (χ0) is 27.2. The van der Waals surface area contributed by atoms with Gasteiger partial charge in [0, 0.05) is 44.4 Å². The topological polar surface area (TPSA) is 130 Å². The van der Waals surface area contributed by atoms with Gasteiger partial charge in [0.2, 0.25) is 0 Å². The maximum Gasteiger partial charge on any atom is 0.490 e. The lowest BCUT2D eigenvalue weighted by Gasteiger charge is -2.15. The number of alkyl halides is 3. The number of rotatable bonds is 6. The van der Waals surface area contributed by atoms with E-state index >= 15 is 0 Å². The summed E-state index contributed by atoms with van der Waals surface area (Å²) in [4.78, 5) is 27.6. The van der Waals surface area contributed by atoms with Gasteiger partial charge in [0.15, 0.2) is 0 Å². The summed E-state index contributed by atoms with van der Waals surface area (Å²) in [5.41, 5.74) is 7.76. The minimum Gasteiger partial charge on any atom is -0.475 e. The molecule has 194 valence electrons. The highest BCUT2D eigenvalue weighted by molar-refractivity contribution is 5.73. The predicted molar refractivity (Wildman–Crippen MR) is 122 cm³/mol. The van der Waals surface area contributed by atoms with Gasteiger partial charge >= 0.3 is 17.8 Å². The summed E-state index contributed by atoms with van der Waals surface area (Å²) < 4.78 is 59.1. The molecule has 2 heterocycles. The van der Waals surface area contributed by atoms with Crippen LogP contribution in [0.25, 0.3) is 16.8 Å². The molecule has 3 rings (SSSR count). The van der Waals surface area contributed by atoms with Crippen LogP contribution in [-0.4, -0.2) is 57.6 Å². The maximum atomic E-state index is 13.0. The van der Waals surface area contributed by atoms with Crippen LogP contribution >= 0.6 is 0 Å². The summed E-state index contributed by atoms with van der Waals surface area (Å²) in [6.07, 6.45) is -5.40. The van der Waals surface area contributed by atoms with Gasteiger partial charge in [-0.3, -0.25) is 0 Å². The summed E-state index contributed by atoms with van der Waals surface area (Å²) in [5, 5.41) is 13.4. The molecule has 9 nitrogen and oxygen atoms in total. The highest BCUT2D eigenvalue weighted by Crippen LogP contribution is 2.28. The number of aromatic amines is 1. The lowest BCUT2D eigenvalue weighted by molar-refractivity contribution is -0.192. The van der Waals surface area contributed by atoms with Gasteiger partial charge in [-0.2, -0.15) is 27.1 Å². The molecular formula is C22H23F5N6O3. The Bertz CT molecular complexity index is 1290. The second kappa shape index (κ2) is 11.6. The molecule has 0 amide bonds. The number of halogens is 5. The van der Waals surface area contributed by atoms with E-state index in [1.165, 1.54) is 4.57 Å². The molecule has 0 bridgehead atoms. The van der Waals surface area contributed by atoms with E-state index in [0.717, 1.165) is 22.5 Å². The van der Waals surface area contributed by atoms with E-state index in [1.807, 2.05) is 44.1 Å². The molecule has 2 aromatic heterocycles. The fourth-order valence-electron chi connectivity index (χ4n) is 3.09. The van der Waals surface area contributed by atoms with E-state index in [0.29, 0.717) is 5.69 Å². The number of hydrogen-bond acceptors (Lipinski definition) is 6. The smallest absolute Gasteiger partial charge is 0.475 e. The summed E-state index contributed by atoms with van der Waals surface area (Å²) in [7, 11) is 3.82.